The Labute approximate surface area is 103 Å². The number of halogens is 1. The number of aliphatic hydroxyl groups is 1. The molecule has 88 valence electrons. The summed E-state index contributed by atoms with van der Waals surface area (Å²) >= 11 is 1.23. The molecule has 2 aromatic rings. The highest BCUT2D eigenvalue weighted by molar-refractivity contribution is 7.99. The van der Waals surface area contributed by atoms with Crippen LogP contribution < -0.4 is 0 Å². The SMILES string of the molecule is C[C@H](O)c1ccc(Sc2ccncn2)c(F)c1. The first kappa shape index (κ1) is 12.0. The van der Waals surface area contributed by atoms with E-state index < -0.39 is 6.10 Å². The molecule has 1 aromatic heterocycles. The van der Waals surface area contributed by atoms with Gasteiger partial charge in [0.25, 0.3) is 0 Å². The third-order valence-corrected chi connectivity index (χ3v) is 3.21. The molecule has 2 rings (SSSR count). The van der Waals surface area contributed by atoms with Crippen LogP contribution in [0.25, 0.3) is 0 Å². The third kappa shape index (κ3) is 3.01. The molecule has 3 nitrogen and oxygen atoms in total. The molecule has 0 bridgehead atoms. The topological polar surface area (TPSA) is 46.0 Å². The number of nitrogens with zero attached hydrogens (tertiary/aromatic N) is 2. The van der Waals surface area contributed by atoms with Crippen LogP contribution in [0.4, 0.5) is 4.39 Å². The van der Waals surface area contributed by atoms with Gasteiger partial charge in [-0.1, -0.05) is 17.8 Å². The molecule has 1 atom stereocenters. The van der Waals surface area contributed by atoms with Crippen LogP contribution in [0.2, 0.25) is 0 Å². The van der Waals surface area contributed by atoms with Crippen molar-refractivity contribution in [2.75, 3.05) is 0 Å². The van der Waals surface area contributed by atoms with Gasteiger partial charge in [-0.15, -0.1) is 0 Å². The van der Waals surface area contributed by atoms with Gasteiger partial charge in [0.05, 0.1) is 6.10 Å². The molecule has 1 aromatic carbocycles. The van der Waals surface area contributed by atoms with Crippen molar-refractivity contribution in [2.24, 2.45) is 0 Å². The predicted octanol–water partition coefficient (Wildman–Crippen LogP) is 2.82. The molecule has 0 aliphatic carbocycles. The van der Waals surface area contributed by atoms with Crippen LogP contribution in [-0.4, -0.2) is 15.1 Å². The van der Waals surface area contributed by atoms with Crippen molar-refractivity contribution in [1.82, 2.24) is 9.97 Å². The zero-order valence-electron chi connectivity index (χ0n) is 9.17. The molecule has 0 unspecified atom stereocenters. The largest absolute Gasteiger partial charge is 0.389 e. The quantitative estimate of drug-likeness (QED) is 0.851. The molecule has 5 heteroatoms. The lowest BCUT2D eigenvalue weighted by atomic mass is 10.1. The van der Waals surface area contributed by atoms with E-state index in [1.54, 1.807) is 31.3 Å². The summed E-state index contributed by atoms with van der Waals surface area (Å²) in [5.74, 6) is -0.355. The zero-order chi connectivity index (χ0) is 12.3. The van der Waals surface area contributed by atoms with E-state index in [-0.39, 0.29) is 5.82 Å². The van der Waals surface area contributed by atoms with E-state index in [2.05, 4.69) is 9.97 Å². The summed E-state index contributed by atoms with van der Waals surface area (Å²) in [7, 11) is 0. The van der Waals surface area contributed by atoms with Crippen LogP contribution in [0.15, 0.2) is 46.7 Å². The van der Waals surface area contributed by atoms with E-state index in [1.807, 2.05) is 0 Å². The molecule has 0 aliphatic rings. The standard InChI is InChI=1S/C12H11FN2OS/c1-8(16)9-2-3-11(10(13)6-9)17-12-4-5-14-7-15-12/h2-8,16H,1H3/t8-/m0/s1. The van der Waals surface area contributed by atoms with Gasteiger partial charge in [0, 0.05) is 11.1 Å². The van der Waals surface area contributed by atoms with Gasteiger partial charge in [0.15, 0.2) is 0 Å². The summed E-state index contributed by atoms with van der Waals surface area (Å²) in [5.41, 5.74) is 0.564. The van der Waals surface area contributed by atoms with Gasteiger partial charge in [-0.05, 0) is 30.7 Å². The minimum absolute atomic E-state index is 0.355. The molecule has 1 N–H and O–H groups in total. The first-order chi connectivity index (χ1) is 8.16. The predicted molar refractivity (Wildman–Crippen MR) is 63.2 cm³/mol. The van der Waals surface area contributed by atoms with Crippen molar-refractivity contribution in [3.8, 4) is 0 Å². The van der Waals surface area contributed by atoms with E-state index in [9.17, 15) is 9.50 Å². The van der Waals surface area contributed by atoms with Crippen LogP contribution in [-0.2, 0) is 0 Å². The van der Waals surface area contributed by atoms with Gasteiger partial charge in [0.2, 0.25) is 0 Å². The number of benzene rings is 1. The average Bonchev–Trinajstić information content (AvgIpc) is 2.33. The summed E-state index contributed by atoms with van der Waals surface area (Å²) < 4.78 is 13.7. The monoisotopic (exact) mass is 250 g/mol. The summed E-state index contributed by atoms with van der Waals surface area (Å²) in [4.78, 5) is 8.28. The second kappa shape index (κ2) is 5.25. The number of aromatic nitrogens is 2. The Morgan fingerprint density at radius 1 is 1.35 bits per heavy atom. The van der Waals surface area contributed by atoms with Gasteiger partial charge in [0.1, 0.15) is 17.2 Å². The van der Waals surface area contributed by atoms with Crippen molar-refractivity contribution in [3.05, 3.63) is 48.2 Å². The van der Waals surface area contributed by atoms with Crippen LogP contribution in [0.3, 0.4) is 0 Å². The Morgan fingerprint density at radius 2 is 2.18 bits per heavy atom. The van der Waals surface area contributed by atoms with E-state index in [1.165, 1.54) is 24.2 Å². The van der Waals surface area contributed by atoms with Crippen molar-refractivity contribution in [1.29, 1.82) is 0 Å². The molecular formula is C12H11FN2OS. The van der Waals surface area contributed by atoms with Gasteiger partial charge in [-0.25, -0.2) is 14.4 Å². The van der Waals surface area contributed by atoms with Crippen LogP contribution in [0.5, 0.6) is 0 Å². The molecule has 0 aliphatic heterocycles. The second-order valence-corrected chi connectivity index (χ2v) is 4.58. The Balaban J connectivity index is 2.23. The highest BCUT2D eigenvalue weighted by Gasteiger charge is 2.08. The zero-order valence-corrected chi connectivity index (χ0v) is 9.99. The maximum absolute atomic E-state index is 13.7. The summed E-state index contributed by atoms with van der Waals surface area (Å²) in [5, 5.41) is 10.0. The molecule has 0 radical (unpaired) electrons. The lowest BCUT2D eigenvalue weighted by molar-refractivity contribution is 0.198. The van der Waals surface area contributed by atoms with Gasteiger partial charge < -0.3 is 5.11 Å². The molecule has 17 heavy (non-hydrogen) atoms. The van der Waals surface area contributed by atoms with Crippen LogP contribution in [0, 0.1) is 5.82 Å². The minimum Gasteiger partial charge on any atom is -0.389 e. The number of aliphatic hydroxyl groups excluding tert-OH is 1. The molecule has 0 spiro atoms. The molecule has 0 saturated carbocycles. The highest BCUT2D eigenvalue weighted by Crippen LogP contribution is 2.29. The third-order valence-electron chi connectivity index (χ3n) is 2.21. The summed E-state index contributed by atoms with van der Waals surface area (Å²) in [6.45, 7) is 1.60. The lowest BCUT2D eigenvalue weighted by Crippen LogP contribution is -1.93. The first-order valence-corrected chi connectivity index (χ1v) is 5.90. The van der Waals surface area contributed by atoms with Crippen molar-refractivity contribution in [3.63, 3.8) is 0 Å². The minimum atomic E-state index is -0.664. The fourth-order valence-electron chi connectivity index (χ4n) is 1.31. The molecule has 1 heterocycles. The molecule has 0 fully saturated rings. The van der Waals surface area contributed by atoms with E-state index >= 15 is 0 Å². The molecule has 0 saturated heterocycles. The van der Waals surface area contributed by atoms with Crippen molar-refractivity contribution >= 4 is 11.8 Å². The average molecular weight is 250 g/mol. The van der Waals surface area contributed by atoms with Crippen LogP contribution in [0.1, 0.15) is 18.6 Å². The van der Waals surface area contributed by atoms with E-state index in [0.717, 1.165) is 0 Å². The fourth-order valence-corrected chi connectivity index (χ4v) is 2.06. The molecule has 0 amide bonds. The second-order valence-electron chi connectivity index (χ2n) is 3.52. The van der Waals surface area contributed by atoms with Gasteiger partial charge in [-0.2, -0.15) is 0 Å². The number of rotatable bonds is 3. The smallest absolute Gasteiger partial charge is 0.137 e. The van der Waals surface area contributed by atoms with E-state index in [0.29, 0.717) is 15.5 Å². The number of hydrogen-bond acceptors (Lipinski definition) is 4. The first-order valence-electron chi connectivity index (χ1n) is 5.08. The Bertz CT molecular complexity index is 505. The lowest BCUT2D eigenvalue weighted by Gasteiger charge is -2.07. The van der Waals surface area contributed by atoms with Gasteiger partial charge >= 0.3 is 0 Å². The summed E-state index contributed by atoms with van der Waals surface area (Å²) in [6, 6.07) is 6.41. The molecular weight excluding hydrogens is 239 g/mol. The Morgan fingerprint density at radius 3 is 2.76 bits per heavy atom. The van der Waals surface area contributed by atoms with Crippen LogP contribution >= 0.6 is 11.8 Å². The maximum Gasteiger partial charge on any atom is 0.137 e. The maximum atomic E-state index is 13.7. The Kier molecular flexibility index (Phi) is 3.71. The normalized spacial score (nSPS) is 12.4. The highest BCUT2D eigenvalue weighted by atomic mass is 32.2. The fraction of sp³-hybridized carbons (Fsp3) is 0.167. The van der Waals surface area contributed by atoms with E-state index in [4.69, 9.17) is 0 Å². The summed E-state index contributed by atoms with van der Waals surface area (Å²) in [6.07, 6.45) is 2.37. The Hall–Kier alpha value is -1.46. The van der Waals surface area contributed by atoms with Crippen molar-refractivity contribution in [2.45, 2.75) is 22.9 Å². The number of hydrogen-bond donors (Lipinski definition) is 1. The van der Waals surface area contributed by atoms with Crippen molar-refractivity contribution < 1.29 is 9.50 Å². The van der Waals surface area contributed by atoms with Gasteiger partial charge in [-0.3, -0.25) is 0 Å².